The summed E-state index contributed by atoms with van der Waals surface area (Å²) in [5.41, 5.74) is 4.74. The smallest absolute Gasteiger partial charge is 0.337 e. The van der Waals surface area contributed by atoms with Gasteiger partial charge in [0.25, 0.3) is 0 Å². The number of fused-ring (bicyclic) bond motifs is 5. The monoisotopic (exact) mass is 529 g/mol. The number of carbonyl (C=O) groups excluding carboxylic acids is 3. The number of phenolic OH excluding ortho intramolecular Hbond substituents is 1. The number of phenols is 1. The van der Waals surface area contributed by atoms with Gasteiger partial charge in [0.1, 0.15) is 18.8 Å². The van der Waals surface area contributed by atoms with Crippen molar-refractivity contribution in [2.75, 3.05) is 31.6 Å². The summed E-state index contributed by atoms with van der Waals surface area (Å²) in [6.45, 7) is 1.39. The Morgan fingerprint density at radius 3 is 2.46 bits per heavy atom. The second kappa shape index (κ2) is 10.4. The Morgan fingerprint density at radius 2 is 1.72 bits per heavy atom. The van der Waals surface area contributed by atoms with E-state index in [-0.39, 0.29) is 30.7 Å². The van der Waals surface area contributed by atoms with Crippen molar-refractivity contribution in [2.24, 2.45) is 0 Å². The van der Waals surface area contributed by atoms with Gasteiger partial charge in [0.05, 0.1) is 29.6 Å². The molecular formula is C31H35N3O5. The van der Waals surface area contributed by atoms with Gasteiger partial charge in [-0.2, -0.15) is 0 Å². The van der Waals surface area contributed by atoms with Crippen LogP contribution < -0.4 is 4.90 Å². The molecule has 1 saturated carbocycles. The molecule has 0 spiro atoms. The van der Waals surface area contributed by atoms with Crippen molar-refractivity contribution in [1.82, 2.24) is 9.47 Å². The molecule has 6 rings (SSSR count). The lowest BCUT2D eigenvalue weighted by Gasteiger charge is -2.30. The molecule has 0 unspecified atom stereocenters. The molecule has 1 aliphatic carbocycles. The lowest BCUT2D eigenvalue weighted by atomic mass is 9.81. The SMILES string of the molecule is COC(=O)c1ccc2c(C3CCCCC3)c3n(c2c1)CC(=O)N(CC(=O)N1CCCCC1)c1cc(O)ccc1-3. The second-order valence-electron chi connectivity index (χ2n) is 11.0. The van der Waals surface area contributed by atoms with Crippen molar-refractivity contribution in [3.63, 3.8) is 0 Å². The van der Waals surface area contributed by atoms with E-state index in [1.54, 1.807) is 23.1 Å². The van der Waals surface area contributed by atoms with Gasteiger partial charge in [-0.1, -0.05) is 25.3 Å². The molecule has 2 aromatic carbocycles. The molecule has 2 aliphatic heterocycles. The van der Waals surface area contributed by atoms with Gasteiger partial charge in [-0.15, -0.1) is 0 Å². The molecule has 204 valence electrons. The molecule has 0 bridgehead atoms. The van der Waals surface area contributed by atoms with Crippen LogP contribution >= 0.6 is 0 Å². The Labute approximate surface area is 228 Å². The van der Waals surface area contributed by atoms with Crippen LogP contribution in [0, 0.1) is 0 Å². The van der Waals surface area contributed by atoms with Gasteiger partial charge in [0, 0.05) is 30.1 Å². The highest BCUT2D eigenvalue weighted by Gasteiger charge is 2.35. The molecule has 2 fully saturated rings. The van der Waals surface area contributed by atoms with Gasteiger partial charge in [-0.25, -0.2) is 4.79 Å². The molecule has 1 saturated heterocycles. The minimum Gasteiger partial charge on any atom is -0.508 e. The average Bonchev–Trinajstić information content (AvgIpc) is 3.23. The Morgan fingerprint density at radius 1 is 0.974 bits per heavy atom. The zero-order valence-corrected chi connectivity index (χ0v) is 22.4. The number of hydrogen-bond donors (Lipinski definition) is 1. The second-order valence-corrected chi connectivity index (χ2v) is 11.0. The van der Waals surface area contributed by atoms with Crippen LogP contribution in [-0.2, 0) is 20.9 Å². The first-order valence-electron chi connectivity index (χ1n) is 14.1. The number of likely N-dealkylation sites (tertiary alicyclic amines) is 1. The maximum Gasteiger partial charge on any atom is 0.337 e. The number of aromatic hydroxyl groups is 1. The van der Waals surface area contributed by atoms with E-state index >= 15 is 0 Å². The van der Waals surface area contributed by atoms with Crippen molar-refractivity contribution in [1.29, 1.82) is 0 Å². The summed E-state index contributed by atoms with van der Waals surface area (Å²) >= 11 is 0. The highest BCUT2D eigenvalue weighted by molar-refractivity contribution is 6.07. The van der Waals surface area contributed by atoms with Crippen LogP contribution in [0.1, 0.15) is 73.2 Å². The van der Waals surface area contributed by atoms with Gasteiger partial charge in [0.15, 0.2) is 0 Å². The normalized spacial score (nSPS) is 18.0. The van der Waals surface area contributed by atoms with E-state index in [2.05, 4.69) is 0 Å². The Balaban J connectivity index is 1.54. The standard InChI is InChI=1S/C31H35N3O5/c1-39-31(38)21-10-12-23-25(16-21)34-19-28(37)33(18-27(36)32-14-6-3-7-15-32)26-17-22(35)11-13-24(26)30(34)29(23)20-8-4-2-5-9-20/h10-13,16-17,20,35H,2-9,14-15,18-19H2,1H3. The topological polar surface area (TPSA) is 92.1 Å². The molecule has 1 N–H and O–H groups in total. The number of amides is 2. The summed E-state index contributed by atoms with van der Waals surface area (Å²) in [7, 11) is 1.36. The number of nitrogens with zero attached hydrogens (tertiary/aromatic N) is 3. The number of piperidine rings is 1. The van der Waals surface area contributed by atoms with Gasteiger partial charge in [0.2, 0.25) is 11.8 Å². The third-order valence-corrected chi connectivity index (χ3v) is 8.66. The first kappa shape index (κ1) is 25.5. The molecule has 0 atom stereocenters. The molecule has 3 heterocycles. The number of methoxy groups -OCH3 is 1. The molecule has 1 aromatic heterocycles. The van der Waals surface area contributed by atoms with E-state index in [9.17, 15) is 19.5 Å². The van der Waals surface area contributed by atoms with E-state index in [0.717, 1.165) is 67.1 Å². The van der Waals surface area contributed by atoms with Crippen LogP contribution in [0.3, 0.4) is 0 Å². The number of hydrogen-bond acceptors (Lipinski definition) is 5. The van der Waals surface area contributed by atoms with Crippen LogP contribution in [0.15, 0.2) is 36.4 Å². The third kappa shape index (κ3) is 4.56. The van der Waals surface area contributed by atoms with Gasteiger partial charge < -0.3 is 24.2 Å². The zero-order chi connectivity index (χ0) is 27.1. The lowest BCUT2D eigenvalue weighted by Crippen LogP contribution is -2.45. The van der Waals surface area contributed by atoms with Crippen LogP contribution in [0.25, 0.3) is 22.2 Å². The molecule has 8 nitrogen and oxygen atoms in total. The Hall–Kier alpha value is -3.81. The van der Waals surface area contributed by atoms with Crippen LogP contribution in [-0.4, -0.2) is 59.1 Å². The molecule has 3 aromatic rings. The predicted molar refractivity (Wildman–Crippen MR) is 149 cm³/mol. The minimum atomic E-state index is -0.425. The van der Waals surface area contributed by atoms with Crippen molar-refractivity contribution >= 4 is 34.4 Å². The Bertz CT molecular complexity index is 1450. The fourth-order valence-electron chi connectivity index (χ4n) is 6.73. The third-order valence-electron chi connectivity index (χ3n) is 8.66. The summed E-state index contributed by atoms with van der Waals surface area (Å²) in [5, 5.41) is 11.5. The highest BCUT2D eigenvalue weighted by Crippen LogP contribution is 2.48. The molecular weight excluding hydrogens is 494 g/mol. The number of carbonyl (C=O) groups is 3. The molecule has 39 heavy (non-hydrogen) atoms. The van der Waals surface area contributed by atoms with Crippen molar-refractivity contribution in [3.8, 4) is 17.0 Å². The number of ether oxygens (including phenoxy) is 1. The van der Waals surface area contributed by atoms with Crippen LogP contribution in [0.4, 0.5) is 5.69 Å². The highest BCUT2D eigenvalue weighted by atomic mass is 16.5. The lowest BCUT2D eigenvalue weighted by molar-refractivity contribution is -0.132. The number of benzene rings is 2. The number of esters is 1. The first-order chi connectivity index (χ1) is 19.0. The molecule has 3 aliphatic rings. The summed E-state index contributed by atoms with van der Waals surface area (Å²) in [6, 6.07) is 10.7. The van der Waals surface area contributed by atoms with Crippen LogP contribution in [0.2, 0.25) is 0 Å². The largest absolute Gasteiger partial charge is 0.508 e. The van der Waals surface area contributed by atoms with Gasteiger partial charge in [-0.3, -0.25) is 9.59 Å². The number of anilines is 1. The van der Waals surface area contributed by atoms with E-state index in [1.165, 1.54) is 19.1 Å². The number of rotatable bonds is 4. The maximum absolute atomic E-state index is 13.9. The maximum atomic E-state index is 13.9. The summed E-state index contributed by atoms with van der Waals surface area (Å²) in [6.07, 6.45) is 8.69. The Kier molecular flexibility index (Phi) is 6.79. The van der Waals surface area contributed by atoms with Crippen molar-refractivity contribution < 1.29 is 24.2 Å². The summed E-state index contributed by atoms with van der Waals surface area (Å²) in [5.74, 6) is -0.352. The van der Waals surface area contributed by atoms with E-state index in [0.29, 0.717) is 30.3 Å². The van der Waals surface area contributed by atoms with Crippen molar-refractivity contribution in [2.45, 2.75) is 63.8 Å². The van der Waals surface area contributed by atoms with E-state index in [1.807, 2.05) is 27.7 Å². The van der Waals surface area contributed by atoms with E-state index in [4.69, 9.17) is 4.74 Å². The van der Waals surface area contributed by atoms with Gasteiger partial charge >= 0.3 is 5.97 Å². The molecule has 2 amide bonds. The fourth-order valence-corrected chi connectivity index (χ4v) is 6.73. The van der Waals surface area contributed by atoms with Gasteiger partial charge in [-0.05, 0) is 67.9 Å². The van der Waals surface area contributed by atoms with Crippen LogP contribution in [0.5, 0.6) is 5.75 Å². The first-order valence-corrected chi connectivity index (χ1v) is 14.1. The minimum absolute atomic E-state index is 0.0336. The number of aromatic nitrogens is 1. The summed E-state index contributed by atoms with van der Waals surface area (Å²) in [4.78, 5) is 43.1. The summed E-state index contributed by atoms with van der Waals surface area (Å²) < 4.78 is 7.00. The van der Waals surface area contributed by atoms with Crippen molar-refractivity contribution in [3.05, 3.63) is 47.5 Å². The molecule has 8 heteroatoms. The predicted octanol–water partition coefficient (Wildman–Crippen LogP) is 5.21. The molecule has 0 radical (unpaired) electrons. The fraction of sp³-hybridized carbons (Fsp3) is 0.452. The quantitative estimate of drug-likeness (QED) is 0.469. The van der Waals surface area contributed by atoms with E-state index < -0.39 is 5.97 Å². The average molecular weight is 530 g/mol. The zero-order valence-electron chi connectivity index (χ0n) is 22.4.